The third-order valence-corrected chi connectivity index (χ3v) is 3.00. The van der Waals surface area contributed by atoms with Crippen LogP contribution in [0.2, 0.25) is 0 Å². The van der Waals surface area contributed by atoms with E-state index in [2.05, 4.69) is 68.4 Å². The van der Waals surface area contributed by atoms with E-state index in [4.69, 9.17) is 0 Å². The van der Waals surface area contributed by atoms with Gasteiger partial charge in [-0.3, -0.25) is 0 Å². The maximum Gasteiger partial charge on any atom is 0.00225 e. The molecular formula is C16H17. The quantitative estimate of drug-likeness (QED) is 0.687. The summed E-state index contributed by atoms with van der Waals surface area (Å²) in [7, 11) is 0. The highest BCUT2D eigenvalue weighted by Crippen LogP contribution is 2.29. The fraction of sp³-hybridized carbons (Fsp3) is 0.188. The van der Waals surface area contributed by atoms with Crippen molar-refractivity contribution in [3.05, 3.63) is 66.1 Å². The molecule has 0 heterocycles. The summed E-state index contributed by atoms with van der Waals surface area (Å²) in [5.74, 6) is 1.44. The average molecular weight is 209 g/mol. The predicted molar refractivity (Wildman–Crippen MR) is 70.2 cm³/mol. The smallest absolute Gasteiger partial charge is 0.00225 e. The van der Waals surface area contributed by atoms with E-state index in [1.54, 1.807) is 0 Å². The van der Waals surface area contributed by atoms with Crippen LogP contribution in [0, 0.1) is 5.92 Å². The molecule has 0 aromatic heterocycles. The molecule has 0 bridgehead atoms. The van der Waals surface area contributed by atoms with Gasteiger partial charge in [-0.2, -0.15) is 0 Å². The van der Waals surface area contributed by atoms with Crippen LogP contribution in [0.1, 0.15) is 25.8 Å². The third kappa shape index (κ3) is 2.16. The van der Waals surface area contributed by atoms with Gasteiger partial charge in [-0.1, -0.05) is 68.4 Å². The van der Waals surface area contributed by atoms with E-state index in [0.29, 0.717) is 0 Å². The molecule has 1 radical (unpaired) electrons. The number of hydrogen-bond acceptors (Lipinski definition) is 0. The molecule has 2 aromatic rings. The van der Waals surface area contributed by atoms with Gasteiger partial charge in [-0.05, 0) is 23.1 Å². The van der Waals surface area contributed by atoms with Gasteiger partial charge in [-0.25, -0.2) is 0 Å². The molecule has 0 aliphatic carbocycles. The van der Waals surface area contributed by atoms with Gasteiger partial charge >= 0.3 is 0 Å². The Hall–Kier alpha value is -1.56. The lowest BCUT2D eigenvalue weighted by molar-refractivity contribution is 0.959. The second-order valence-electron chi connectivity index (χ2n) is 4.05. The number of rotatable bonds is 3. The fourth-order valence-corrected chi connectivity index (χ4v) is 1.92. The topological polar surface area (TPSA) is 0 Å². The van der Waals surface area contributed by atoms with Crippen molar-refractivity contribution in [2.24, 2.45) is 0 Å². The molecule has 0 saturated heterocycles. The minimum atomic E-state index is 1.10. The van der Waals surface area contributed by atoms with Gasteiger partial charge in [-0.15, -0.1) is 0 Å². The first-order chi connectivity index (χ1) is 7.83. The summed E-state index contributed by atoms with van der Waals surface area (Å²) in [5.41, 5.74) is 4.00. The Morgan fingerprint density at radius 2 is 1.50 bits per heavy atom. The van der Waals surface area contributed by atoms with E-state index in [-0.39, 0.29) is 0 Å². The lowest BCUT2D eigenvalue weighted by Crippen LogP contribution is -1.95. The Balaban J connectivity index is 2.49. The molecule has 81 valence electrons. The summed E-state index contributed by atoms with van der Waals surface area (Å²) < 4.78 is 0. The Kier molecular flexibility index (Phi) is 3.40. The van der Waals surface area contributed by atoms with E-state index in [0.717, 1.165) is 6.42 Å². The summed E-state index contributed by atoms with van der Waals surface area (Å²) in [4.78, 5) is 0. The Morgan fingerprint density at radius 1 is 0.875 bits per heavy atom. The normalized spacial score (nSPS) is 10.7. The summed E-state index contributed by atoms with van der Waals surface area (Å²) in [6.45, 7) is 4.42. The highest BCUT2D eigenvalue weighted by Gasteiger charge is 2.09. The fourth-order valence-electron chi connectivity index (χ4n) is 1.92. The van der Waals surface area contributed by atoms with Gasteiger partial charge in [0, 0.05) is 5.92 Å². The van der Waals surface area contributed by atoms with E-state index in [1.807, 2.05) is 0 Å². The molecule has 0 N–H and O–H groups in total. The lowest BCUT2D eigenvalue weighted by Gasteiger charge is -2.14. The highest BCUT2D eigenvalue weighted by atomic mass is 14.1. The van der Waals surface area contributed by atoms with E-state index in [9.17, 15) is 0 Å². The summed E-state index contributed by atoms with van der Waals surface area (Å²) in [6, 6.07) is 19.2. The van der Waals surface area contributed by atoms with Crippen LogP contribution in [0.5, 0.6) is 0 Å². The molecule has 0 saturated carbocycles. The van der Waals surface area contributed by atoms with Crippen molar-refractivity contribution in [1.29, 1.82) is 0 Å². The average Bonchev–Trinajstić information content (AvgIpc) is 2.39. The Labute approximate surface area is 97.9 Å². The molecule has 0 spiro atoms. The van der Waals surface area contributed by atoms with Crippen LogP contribution in [0.15, 0.2) is 54.6 Å². The highest BCUT2D eigenvalue weighted by molar-refractivity contribution is 5.69. The van der Waals surface area contributed by atoms with E-state index >= 15 is 0 Å². The Bertz CT molecular complexity index is 443. The first-order valence-electron chi connectivity index (χ1n) is 5.80. The first-order valence-corrected chi connectivity index (χ1v) is 5.80. The van der Waals surface area contributed by atoms with E-state index < -0.39 is 0 Å². The van der Waals surface area contributed by atoms with Crippen LogP contribution in [-0.2, 0) is 0 Å². The Morgan fingerprint density at radius 3 is 2.19 bits per heavy atom. The molecule has 16 heavy (non-hydrogen) atoms. The van der Waals surface area contributed by atoms with Crippen molar-refractivity contribution in [2.45, 2.75) is 20.3 Å². The summed E-state index contributed by atoms with van der Waals surface area (Å²) in [5, 5.41) is 0. The summed E-state index contributed by atoms with van der Waals surface area (Å²) in [6.07, 6.45) is 1.10. The molecule has 0 aliphatic heterocycles. The molecular weight excluding hydrogens is 192 g/mol. The molecule has 0 fully saturated rings. The molecule has 0 heteroatoms. The van der Waals surface area contributed by atoms with Crippen LogP contribution in [-0.4, -0.2) is 0 Å². The van der Waals surface area contributed by atoms with Crippen LogP contribution in [0.4, 0.5) is 0 Å². The number of hydrogen-bond donors (Lipinski definition) is 0. The van der Waals surface area contributed by atoms with Crippen molar-refractivity contribution in [2.75, 3.05) is 0 Å². The van der Waals surface area contributed by atoms with Crippen LogP contribution in [0.3, 0.4) is 0 Å². The maximum absolute atomic E-state index is 2.21. The number of benzene rings is 2. The zero-order chi connectivity index (χ0) is 11.4. The molecule has 2 aromatic carbocycles. The maximum atomic E-state index is 2.21. The molecule has 2 rings (SSSR count). The van der Waals surface area contributed by atoms with Gasteiger partial charge < -0.3 is 0 Å². The third-order valence-electron chi connectivity index (χ3n) is 3.00. The second-order valence-corrected chi connectivity index (χ2v) is 4.05. The summed E-state index contributed by atoms with van der Waals surface area (Å²) >= 11 is 0. The van der Waals surface area contributed by atoms with Crippen molar-refractivity contribution < 1.29 is 0 Å². The lowest BCUT2D eigenvalue weighted by atomic mass is 9.90. The van der Waals surface area contributed by atoms with Gasteiger partial charge in [0.25, 0.3) is 0 Å². The van der Waals surface area contributed by atoms with Gasteiger partial charge in [0.15, 0.2) is 0 Å². The van der Waals surface area contributed by atoms with E-state index in [1.165, 1.54) is 22.6 Å². The first kappa shape index (κ1) is 10.9. The molecule has 0 amide bonds. The minimum absolute atomic E-state index is 1.10. The zero-order valence-electron chi connectivity index (χ0n) is 9.90. The van der Waals surface area contributed by atoms with Gasteiger partial charge in [0.1, 0.15) is 0 Å². The van der Waals surface area contributed by atoms with Crippen molar-refractivity contribution >= 4 is 0 Å². The van der Waals surface area contributed by atoms with Crippen LogP contribution in [0.25, 0.3) is 11.1 Å². The van der Waals surface area contributed by atoms with Crippen LogP contribution < -0.4 is 0 Å². The molecule has 0 atom stereocenters. The largest absolute Gasteiger partial charge is 0.0645 e. The van der Waals surface area contributed by atoms with Gasteiger partial charge in [0.2, 0.25) is 0 Å². The van der Waals surface area contributed by atoms with Crippen molar-refractivity contribution in [3.63, 3.8) is 0 Å². The standard InChI is InChI=1S/C16H17/c1-3-13(2)15-11-7-8-12-16(15)14-9-5-4-6-10-14/h4-12H,3H2,1-2H3. The predicted octanol–water partition coefficient (Wildman–Crippen LogP) is 4.71. The molecule has 0 aliphatic rings. The van der Waals surface area contributed by atoms with Crippen molar-refractivity contribution in [1.82, 2.24) is 0 Å². The van der Waals surface area contributed by atoms with Crippen molar-refractivity contribution in [3.8, 4) is 11.1 Å². The molecule has 0 nitrogen and oxygen atoms in total. The van der Waals surface area contributed by atoms with Crippen LogP contribution >= 0.6 is 0 Å². The monoisotopic (exact) mass is 209 g/mol. The minimum Gasteiger partial charge on any atom is -0.0645 e. The van der Waals surface area contributed by atoms with Gasteiger partial charge in [0.05, 0.1) is 0 Å². The second kappa shape index (κ2) is 4.98. The SMILES string of the molecule is CC[C](C)c1ccccc1-c1ccccc1. The molecule has 0 unspecified atom stereocenters. The zero-order valence-corrected chi connectivity index (χ0v) is 9.90.